The number of amides is 1. The zero-order valence-electron chi connectivity index (χ0n) is 18.7. The molecule has 174 valence electrons. The van der Waals surface area contributed by atoms with E-state index in [0.717, 1.165) is 50.4 Å². The van der Waals surface area contributed by atoms with Crippen molar-refractivity contribution in [2.45, 2.75) is 58.2 Å². The first kappa shape index (κ1) is 24.5. The molecule has 1 aromatic carbocycles. The van der Waals surface area contributed by atoms with E-state index >= 15 is 0 Å². The van der Waals surface area contributed by atoms with Gasteiger partial charge in [0.1, 0.15) is 12.7 Å². The molecule has 0 spiro atoms. The van der Waals surface area contributed by atoms with Gasteiger partial charge in [-0.05, 0) is 37.3 Å². The van der Waals surface area contributed by atoms with Crippen molar-refractivity contribution in [3.05, 3.63) is 48.0 Å². The molecular weight excluding hydrogens is 517 g/mol. The summed E-state index contributed by atoms with van der Waals surface area (Å²) in [5.41, 5.74) is 2.33. The van der Waals surface area contributed by atoms with E-state index < -0.39 is 0 Å². The van der Waals surface area contributed by atoms with Crippen molar-refractivity contribution in [3.8, 4) is 0 Å². The highest BCUT2D eigenvalue weighted by Gasteiger charge is 2.32. The minimum atomic E-state index is 0. The van der Waals surface area contributed by atoms with Gasteiger partial charge in [-0.15, -0.1) is 24.0 Å². The van der Waals surface area contributed by atoms with E-state index in [0.29, 0.717) is 19.0 Å². The molecule has 2 fully saturated rings. The summed E-state index contributed by atoms with van der Waals surface area (Å²) in [5, 5.41) is 11.0. The summed E-state index contributed by atoms with van der Waals surface area (Å²) in [4.78, 5) is 23.5. The second-order valence-electron chi connectivity index (χ2n) is 8.50. The maximum Gasteiger partial charge on any atom is 0.225 e. The summed E-state index contributed by atoms with van der Waals surface area (Å²) in [5.74, 6) is 1.42. The molecular formula is C23H34IN7O. The molecule has 4 rings (SSSR count). The Morgan fingerprint density at radius 3 is 2.78 bits per heavy atom. The van der Waals surface area contributed by atoms with Gasteiger partial charge in [0.15, 0.2) is 5.96 Å². The van der Waals surface area contributed by atoms with E-state index in [1.807, 2.05) is 9.58 Å². The fourth-order valence-corrected chi connectivity index (χ4v) is 4.52. The van der Waals surface area contributed by atoms with Crippen molar-refractivity contribution < 1.29 is 4.79 Å². The lowest BCUT2D eigenvalue weighted by molar-refractivity contribution is -0.134. The first-order valence-corrected chi connectivity index (χ1v) is 11.4. The predicted octanol–water partition coefficient (Wildman–Crippen LogP) is 2.79. The van der Waals surface area contributed by atoms with Crippen LogP contribution in [0.3, 0.4) is 0 Å². The summed E-state index contributed by atoms with van der Waals surface area (Å²) < 4.78 is 1.81. The Labute approximate surface area is 207 Å². The minimum Gasteiger partial charge on any atom is -0.357 e. The molecule has 2 aromatic rings. The van der Waals surface area contributed by atoms with Crippen molar-refractivity contribution in [1.29, 1.82) is 0 Å². The highest BCUT2D eigenvalue weighted by molar-refractivity contribution is 14.0. The molecule has 1 saturated carbocycles. The van der Waals surface area contributed by atoms with Gasteiger partial charge in [-0.2, -0.15) is 5.10 Å². The number of likely N-dealkylation sites (tertiary alicyclic amines) is 1. The summed E-state index contributed by atoms with van der Waals surface area (Å²) in [7, 11) is 0. The van der Waals surface area contributed by atoms with Crippen molar-refractivity contribution in [3.63, 3.8) is 0 Å². The van der Waals surface area contributed by atoms with Gasteiger partial charge in [-0.3, -0.25) is 4.79 Å². The first-order valence-electron chi connectivity index (χ1n) is 11.4. The van der Waals surface area contributed by atoms with Crippen LogP contribution in [0.15, 0.2) is 41.9 Å². The predicted molar refractivity (Wildman–Crippen MR) is 136 cm³/mol. The number of benzene rings is 1. The zero-order valence-corrected chi connectivity index (χ0v) is 21.1. The lowest BCUT2D eigenvalue weighted by Crippen LogP contribution is -2.45. The van der Waals surface area contributed by atoms with Crippen LogP contribution in [0, 0.1) is 5.92 Å². The third kappa shape index (κ3) is 6.66. The molecule has 2 N–H and O–H groups in total. The monoisotopic (exact) mass is 551 g/mol. The van der Waals surface area contributed by atoms with E-state index in [9.17, 15) is 4.79 Å². The number of nitrogens with zero attached hydrogens (tertiary/aromatic N) is 5. The van der Waals surface area contributed by atoms with E-state index in [-0.39, 0.29) is 35.9 Å². The second-order valence-corrected chi connectivity index (χ2v) is 8.50. The van der Waals surface area contributed by atoms with Crippen LogP contribution >= 0.6 is 24.0 Å². The van der Waals surface area contributed by atoms with Gasteiger partial charge in [-0.25, -0.2) is 14.7 Å². The maximum absolute atomic E-state index is 12.7. The normalized spacial score (nSPS) is 19.1. The number of nitrogens with one attached hydrogen (secondary N) is 2. The fourth-order valence-electron chi connectivity index (χ4n) is 4.52. The quantitative estimate of drug-likeness (QED) is 0.314. The fraction of sp³-hybridized carbons (Fsp3) is 0.565. The molecule has 0 bridgehead atoms. The number of guanidine groups is 1. The van der Waals surface area contributed by atoms with E-state index in [1.165, 1.54) is 18.4 Å². The minimum absolute atomic E-state index is 0. The van der Waals surface area contributed by atoms with Gasteiger partial charge >= 0.3 is 0 Å². The molecule has 1 amide bonds. The molecule has 1 atom stereocenters. The average Bonchev–Trinajstić information content (AvgIpc) is 3.55. The van der Waals surface area contributed by atoms with E-state index in [4.69, 9.17) is 4.99 Å². The zero-order chi connectivity index (χ0) is 21.5. The Bertz CT molecular complexity index is 880. The molecule has 1 aliphatic carbocycles. The number of hydrogen-bond donors (Lipinski definition) is 2. The lowest BCUT2D eigenvalue weighted by atomic mass is 10.1. The van der Waals surface area contributed by atoms with Crippen LogP contribution in [0.2, 0.25) is 0 Å². The third-order valence-electron chi connectivity index (χ3n) is 6.11. The van der Waals surface area contributed by atoms with Crippen LogP contribution in [0.25, 0.3) is 0 Å². The van der Waals surface area contributed by atoms with Gasteiger partial charge in [0.25, 0.3) is 0 Å². The molecule has 8 nitrogen and oxygen atoms in total. The van der Waals surface area contributed by atoms with Gasteiger partial charge < -0.3 is 15.5 Å². The standard InChI is InChI=1S/C23H33N7O.HI/c1-2-25-23(28-21-10-11-29(15-21)22(31)20-8-3-4-9-20)26-13-18-6-5-7-19(12-18)14-30-17-24-16-27-30;/h5-7,12,16-17,20-21H,2-4,8-11,13-15H2,1H3,(H2,25,26,28);1H. The van der Waals surface area contributed by atoms with E-state index in [2.05, 4.69) is 51.9 Å². The summed E-state index contributed by atoms with van der Waals surface area (Å²) in [6.45, 7) is 5.78. The number of aliphatic imine (C=N–C) groups is 1. The smallest absolute Gasteiger partial charge is 0.225 e. The van der Waals surface area contributed by atoms with Crippen LogP contribution in [0.5, 0.6) is 0 Å². The van der Waals surface area contributed by atoms with Crippen molar-refractivity contribution >= 4 is 35.8 Å². The highest BCUT2D eigenvalue weighted by Crippen LogP contribution is 2.27. The summed E-state index contributed by atoms with van der Waals surface area (Å²) in [6.07, 6.45) is 8.76. The second kappa shape index (κ2) is 12.2. The largest absolute Gasteiger partial charge is 0.357 e. The molecule has 32 heavy (non-hydrogen) atoms. The van der Waals surface area contributed by atoms with Crippen LogP contribution in [-0.2, 0) is 17.9 Å². The number of rotatable bonds is 7. The van der Waals surface area contributed by atoms with Gasteiger partial charge in [0.2, 0.25) is 5.91 Å². The van der Waals surface area contributed by atoms with Crippen molar-refractivity contribution in [2.24, 2.45) is 10.9 Å². The average molecular weight is 551 g/mol. The van der Waals surface area contributed by atoms with E-state index in [1.54, 1.807) is 12.7 Å². The highest BCUT2D eigenvalue weighted by atomic mass is 127. The number of carbonyl (C=O) groups excluding carboxylic acids is 1. The molecule has 1 saturated heterocycles. The Hall–Kier alpha value is -2.17. The number of aromatic nitrogens is 3. The number of carbonyl (C=O) groups is 1. The SMILES string of the molecule is CCNC(=NCc1cccc(Cn2cncn2)c1)NC1CCN(C(=O)C2CCCC2)C1.I. The summed E-state index contributed by atoms with van der Waals surface area (Å²) >= 11 is 0. The molecule has 2 aliphatic rings. The Morgan fingerprint density at radius 1 is 1.22 bits per heavy atom. The van der Waals surface area contributed by atoms with Crippen molar-refractivity contribution in [1.82, 2.24) is 30.3 Å². The van der Waals surface area contributed by atoms with Gasteiger partial charge in [0.05, 0.1) is 13.1 Å². The molecule has 0 radical (unpaired) electrons. The number of hydrogen-bond acceptors (Lipinski definition) is 4. The molecule has 1 aromatic heterocycles. The van der Waals surface area contributed by atoms with Crippen LogP contribution in [0.1, 0.15) is 50.2 Å². The summed E-state index contributed by atoms with van der Waals surface area (Å²) in [6, 6.07) is 8.65. The van der Waals surface area contributed by atoms with Crippen molar-refractivity contribution in [2.75, 3.05) is 19.6 Å². The van der Waals surface area contributed by atoms with Gasteiger partial charge in [0, 0.05) is 31.6 Å². The molecule has 2 heterocycles. The Balaban J connectivity index is 0.00000289. The van der Waals surface area contributed by atoms with Crippen LogP contribution < -0.4 is 10.6 Å². The Morgan fingerprint density at radius 2 is 2.03 bits per heavy atom. The van der Waals surface area contributed by atoms with Crippen LogP contribution in [0.4, 0.5) is 0 Å². The molecule has 1 aliphatic heterocycles. The third-order valence-corrected chi connectivity index (χ3v) is 6.11. The maximum atomic E-state index is 12.7. The topological polar surface area (TPSA) is 87.4 Å². The van der Waals surface area contributed by atoms with Gasteiger partial charge in [-0.1, -0.05) is 37.1 Å². The lowest BCUT2D eigenvalue weighted by Gasteiger charge is -2.21. The Kier molecular flexibility index (Phi) is 9.31. The van der Waals surface area contributed by atoms with Crippen LogP contribution in [-0.4, -0.2) is 57.2 Å². The first-order chi connectivity index (χ1) is 15.2. The molecule has 1 unspecified atom stereocenters. The molecule has 9 heteroatoms. The number of halogens is 1.